The zero-order chi connectivity index (χ0) is 6.28. The van der Waals surface area contributed by atoms with Gasteiger partial charge in [0.2, 0.25) is 0 Å². The molecule has 2 nitrogen and oxygen atoms in total. The fourth-order valence-corrected chi connectivity index (χ4v) is 0. The normalized spacial score (nSPS) is 5.00. The van der Waals surface area contributed by atoms with Crippen molar-refractivity contribution in [2.24, 2.45) is 0 Å². The van der Waals surface area contributed by atoms with Gasteiger partial charge in [-0.15, -0.1) is 0 Å². The van der Waals surface area contributed by atoms with Crippen LogP contribution >= 0.6 is 0 Å². The van der Waals surface area contributed by atoms with E-state index in [1.165, 1.54) is 0 Å². The zero-order valence-electron chi connectivity index (χ0n) is 3.03. The first-order chi connectivity index (χ1) is 3.15. The highest BCUT2D eigenvalue weighted by atomic mass is 19.4. The Balaban J connectivity index is 0. The molecule has 0 fully saturated rings. The third-order valence-electron chi connectivity index (χ3n) is 0. The molecule has 0 amide bonds. The molecule has 0 aromatic rings. The molecule has 0 aliphatic heterocycles. The van der Waals surface area contributed by atoms with Crippen LogP contribution in [0.4, 0.5) is 12.9 Å². The van der Waals surface area contributed by atoms with Crippen LogP contribution in [-0.4, -0.2) is 13.7 Å². The van der Waals surface area contributed by atoms with E-state index in [1.54, 1.807) is 0 Å². The Morgan fingerprint density at radius 2 is 1.14 bits per heavy atom. The number of halogens is 3. The quantitative estimate of drug-likeness (QED) is 0.422. The second-order valence-corrected chi connectivity index (χ2v) is 0.331. The molecule has 0 aliphatic carbocycles. The molecular formula is CBF3O2. The van der Waals surface area contributed by atoms with Gasteiger partial charge < -0.3 is 0 Å². The monoisotopic (exact) mass is 112 g/mol. The third kappa shape index (κ3) is 93.6. The van der Waals surface area contributed by atoms with Gasteiger partial charge in [-0.05, 0) is 0 Å². The van der Waals surface area contributed by atoms with Crippen molar-refractivity contribution in [3.8, 4) is 0 Å². The van der Waals surface area contributed by atoms with Crippen LogP contribution in [0.3, 0.4) is 0 Å². The highest BCUT2D eigenvalue weighted by molar-refractivity contribution is 6.33. The van der Waals surface area contributed by atoms with Crippen molar-refractivity contribution in [1.82, 2.24) is 0 Å². The maximum absolute atomic E-state index is 9.67. The molecule has 0 bridgehead atoms. The Hall–Kier alpha value is -0.765. The Kier molecular flexibility index (Phi) is 12.2. The number of rotatable bonds is 0. The van der Waals surface area contributed by atoms with Crippen molar-refractivity contribution in [3.63, 3.8) is 0 Å². The summed E-state index contributed by atoms with van der Waals surface area (Å²) in [4.78, 5) is 16.2. The predicted molar refractivity (Wildman–Crippen MR) is 14.1 cm³/mol. The molecule has 0 aliphatic rings. The van der Waals surface area contributed by atoms with Crippen molar-refractivity contribution >= 4 is 13.7 Å². The first-order valence-electron chi connectivity index (χ1n) is 1.06. The zero-order valence-corrected chi connectivity index (χ0v) is 3.03. The molecule has 7 heavy (non-hydrogen) atoms. The third-order valence-corrected chi connectivity index (χ3v) is 0. The van der Waals surface area contributed by atoms with Gasteiger partial charge in [0.1, 0.15) is 0 Å². The van der Waals surface area contributed by atoms with Crippen LogP contribution in [0.1, 0.15) is 0 Å². The molecule has 0 rings (SSSR count). The van der Waals surface area contributed by atoms with Crippen LogP contribution in [0.2, 0.25) is 0 Å². The molecule has 0 saturated heterocycles. The topological polar surface area (TPSA) is 34.1 Å². The molecule has 0 heterocycles. The SMILES string of the molecule is FB(F)F.O=C=O. The first kappa shape index (κ1) is 9.53. The smallest absolute Gasteiger partial charge is 0.254 e. The molecule has 40 valence electrons. The standard InChI is InChI=1S/CO2.BF3/c2-1-3;2-1(3)4. The van der Waals surface area contributed by atoms with E-state index >= 15 is 0 Å². The Morgan fingerprint density at radius 3 is 1.14 bits per heavy atom. The van der Waals surface area contributed by atoms with Gasteiger partial charge in [0.25, 0.3) is 0 Å². The van der Waals surface area contributed by atoms with E-state index in [-0.39, 0.29) is 6.15 Å². The summed E-state index contributed by atoms with van der Waals surface area (Å²) in [5, 5.41) is 0. The molecule has 0 radical (unpaired) electrons. The minimum Gasteiger partial charge on any atom is -0.254 e. The average molecular weight is 112 g/mol. The summed E-state index contributed by atoms with van der Waals surface area (Å²) >= 11 is 0. The van der Waals surface area contributed by atoms with Crippen molar-refractivity contribution in [2.45, 2.75) is 0 Å². The number of hydrogen-bond acceptors (Lipinski definition) is 2. The van der Waals surface area contributed by atoms with Crippen molar-refractivity contribution in [2.75, 3.05) is 0 Å². The molecule has 0 spiro atoms. The van der Waals surface area contributed by atoms with Crippen LogP contribution in [0.15, 0.2) is 0 Å². The highest BCUT2D eigenvalue weighted by Crippen LogP contribution is 1.80. The van der Waals surface area contributed by atoms with Gasteiger partial charge in [-0.1, -0.05) is 0 Å². The van der Waals surface area contributed by atoms with E-state index in [9.17, 15) is 12.9 Å². The Bertz CT molecular complexity index is 55.2. The lowest BCUT2D eigenvalue weighted by molar-refractivity contribution is -0.191. The maximum atomic E-state index is 9.67. The lowest BCUT2D eigenvalue weighted by atomic mass is 10.5. The summed E-state index contributed by atoms with van der Waals surface area (Å²) < 4.78 is 29.0. The van der Waals surface area contributed by atoms with E-state index in [1.807, 2.05) is 0 Å². The highest BCUT2D eigenvalue weighted by Gasteiger charge is 2.06. The van der Waals surface area contributed by atoms with Crippen LogP contribution < -0.4 is 0 Å². The van der Waals surface area contributed by atoms with Gasteiger partial charge in [-0.2, -0.15) is 9.59 Å². The average Bonchev–Trinajstić information content (AvgIpc) is 1.33. The van der Waals surface area contributed by atoms with Gasteiger partial charge >= 0.3 is 13.7 Å². The van der Waals surface area contributed by atoms with E-state index in [2.05, 4.69) is 0 Å². The summed E-state index contributed by atoms with van der Waals surface area (Å²) in [6.07, 6.45) is 0.250. The van der Waals surface area contributed by atoms with E-state index < -0.39 is 7.54 Å². The summed E-state index contributed by atoms with van der Waals surface area (Å²) in [5.41, 5.74) is 0. The van der Waals surface area contributed by atoms with Crippen LogP contribution in [0, 0.1) is 0 Å². The van der Waals surface area contributed by atoms with Gasteiger partial charge in [-0.25, -0.2) is 0 Å². The van der Waals surface area contributed by atoms with E-state index in [0.29, 0.717) is 0 Å². The fraction of sp³-hybridized carbons (Fsp3) is 0. The molecule has 0 N–H and O–H groups in total. The van der Waals surface area contributed by atoms with Gasteiger partial charge in [-0.3, -0.25) is 12.9 Å². The van der Waals surface area contributed by atoms with Crippen LogP contribution in [0.25, 0.3) is 0 Å². The second kappa shape index (κ2) is 8.97. The summed E-state index contributed by atoms with van der Waals surface area (Å²) in [6, 6.07) is 0. The molecular weight excluding hydrogens is 112 g/mol. The Morgan fingerprint density at radius 1 is 1.14 bits per heavy atom. The van der Waals surface area contributed by atoms with Gasteiger partial charge in [0.05, 0.1) is 0 Å². The van der Waals surface area contributed by atoms with E-state index in [4.69, 9.17) is 9.59 Å². The number of hydrogen-bond donors (Lipinski definition) is 0. The van der Waals surface area contributed by atoms with Crippen molar-refractivity contribution < 1.29 is 22.5 Å². The molecule has 0 unspecified atom stereocenters. The summed E-state index contributed by atoms with van der Waals surface area (Å²) in [5.74, 6) is 0. The lowest BCUT2D eigenvalue weighted by Crippen LogP contribution is -1.76. The lowest BCUT2D eigenvalue weighted by Gasteiger charge is -1.55. The maximum Gasteiger partial charge on any atom is 0.762 e. The van der Waals surface area contributed by atoms with Crippen molar-refractivity contribution in [1.29, 1.82) is 0 Å². The van der Waals surface area contributed by atoms with Crippen molar-refractivity contribution in [3.05, 3.63) is 0 Å². The molecule has 0 atom stereocenters. The van der Waals surface area contributed by atoms with Gasteiger partial charge in [0, 0.05) is 0 Å². The van der Waals surface area contributed by atoms with Crippen LogP contribution in [-0.2, 0) is 9.59 Å². The molecule has 0 aromatic carbocycles. The minimum absolute atomic E-state index is 0.250. The predicted octanol–water partition coefficient (Wildman–Crippen LogP) is 0.296. The molecule has 0 aromatic heterocycles. The first-order valence-corrected chi connectivity index (χ1v) is 1.06. The van der Waals surface area contributed by atoms with Crippen LogP contribution in [0.5, 0.6) is 0 Å². The number of carbonyl (C=O) groups excluding carboxylic acids is 2. The second-order valence-electron chi connectivity index (χ2n) is 0.331. The van der Waals surface area contributed by atoms with Gasteiger partial charge in [0.15, 0.2) is 0 Å². The van der Waals surface area contributed by atoms with E-state index in [0.717, 1.165) is 0 Å². The molecule has 0 saturated carbocycles. The fourth-order valence-electron chi connectivity index (χ4n) is 0. The summed E-state index contributed by atoms with van der Waals surface area (Å²) in [6.45, 7) is 0. The Labute approximate surface area is 37.5 Å². The largest absolute Gasteiger partial charge is 0.762 e. The minimum atomic E-state index is -3.67. The molecule has 6 heteroatoms. The summed E-state index contributed by atoms with van der Waals surface area (Å²) in [7, 11) is -3.67.